The molecule has 0 saturated heterocycles. The van der Waals surface area contributed by atoms with Gasteiger partial charge >= 0.3 is 0 Å². The molecule has 2 heterocycles. The predicted octanol–water partition coefficient (Wildman–Crippen LogP) is 3.06. The molecule has 0 amide bonds. The van der Waals surface area contributed by atoms with Crippen LogP contribution in [0.3, 0.4) is 0 Å². The molecule has 0 aromatic carbocycles. The lowest BCUT2D eigenvalue weighted by Gasteiger charge is -2.05. The van der Waals surface area contributed by atoms with Gasteiger partial charge < -0.3 is 5.32 Å². The molecule has 5 heteroatoms. The standard InChI is InChI=1S/C15H24N4S/c1-10(2)6-16-7-14-8-19(18-12(14)4)9-15-17-11(3)13(5)20-15/h8,10,16H,6-7,9H2,1-5H3. The third-order valence-electron chi connectivity index (χ3n) is 3.29. The van der Waals surface area contributed by atoms with Crippen molar-refractivity contribution in [3.8, 4) is 0 Å². The van der Waals surface area contributed by atoms with Crippen LogP contribution in [-0.2, 0) is 13.1 Å². The molecule has 0 fully saturated rings. The van der Waals surface area contributed by atoms with Gasteiger partial charge in [-0.3, -0.25) is 4.68 Å². The second-order valence-electron chi connectivity index (χ2n) is 5.71. The van der Waals surface area contributed by atoms with Gasteiger partial charge in [-0.15, -0.1) is 11.3 Å². The number of rotatable bonds is 6. The minimum atomic E-state index is 0.673. The van der Waals surface area contributed by atoms with Crippen molar-refractivity contribution in [1.29, 1.82) is 0 Å². The third-order valence-corrected chi connectivity index (χ3v) is 4.34. The fourth-order valence-electron chi connectivity index (χ4n) is 2.05. The third kappa shape index (κ3) is 3.90. The van der Waals surface area contributed by atoms with Crippen LogP contribution in [0, 0.1) is 26.7 Å². The summed E-state index contributed by atoms with van der Waals surface area (Å²) in [4.78, 5) is 5.87. The van der Waals surface area contributed by atoms with Crippen LogP contribution >= 0.6 is 11.3 Å². The maximum Gasteiger partial charge on any atom is 0.115 e. The molecule has 1 N–H and O–H groups in total. The zero-order chi connectivity index (χ0) is 14.7. The molecule has 0 radical (unpaired) electrons. The highest BCUT2D eigenvalue weighted by atomic mass is 32.1. The van der Waals surface area contributed by atoms with Gasteiger partial charge in [-0.2, -0.15) is 5.10 Å². The van der Waals surface area contributed by atoms with Gasteiger partial charge in [-0.05, 0) is 33.2 Å². The topological polar surface area (TPSA) is 42.7 Å². The number of hydrogen-bond donors (Lipinski definition) is 1. The number of aromatic nitrogens is 3. The molecule has 4 nitrogen and oxygen atoms in total. The molecule has 0 aliphatic rings. The van der Waals surface area contributed by atoms with Crippen molar-refractivity contribution in [3.63, 3.8) is 0 Å². The molecule has 110 valence electrons. The summed E-state index contributed by atoms with van der Waals surface area (Å²) in [5.41, 5.74) is 3.51. The number of thiazole rings is 1. The van der Waals surface area contributed by atoms with Gasteiger partial charge in [-0.1, -0.05) is 13.8 Å². The molecular weight excluding hydrogens is 268 g/mol. The van der Waals surface area contributed by atoms with Gasteiger partial charge in [0.15, 0.2) is 0 Å². The van der Waals surface area contributed by atoms with E-state index < -0.39 is 0 Å². The van der Waals surface area contributed by atoms with Crippen LogP contribution in [0.15, 0.2) is 6.20 Å². The Morgan fingerprint density at radius 1 is 1.25 bits per heavy atom. The Morgan fingerprint density at radius 2 is 2.00 bits per heavy atom. The number of nitrogens with one attached hydrogen (secondary N) is 1. The number of aryl methyl sites for hydroxylation is 3. The molecule has 2 rings (SSSR count). The van der Waals surface area contributed by atoms with Crippen molar-refractivity contribution in [1.82, 2.24) is 20.1 Å². The maximum atomic E-state index is 4.59. The summed E-state index contributed by atoms with van der Waals surface area (Å²) in [6.45, 7) is 13.4. The summed E-state index contributed by atoms with van der Waals surface area (Å²) < 4.78 is 2.00. The quantitative estimate of drug-likeness (QED) is 0.890. The highest BCUT2D eigenvalue weighted by molar-refractivity contribution is 7.11. The average Bonchev–Trinajstić information content (AvgIpc) is 2.83. The molecule has 0 aliphatic heterocycles. The van der Waals surface area contributed by atoms with E-state index in [4.69, 9.17) is 0 Å². The van der Waals surface area contributed by atoms with Crippen molar-refractivity contribution in [2.24, 2.45) is 5.92 Å². The Balaban J connectivity index is 1.99. The van der Waals surface area contributed by atoms with Gasteiger partial charge in [-0.25, -0.2) is 4.98 Å². The van der Waals surface area contributed by atoms with Crippen molar-refractivity contribution in [2.45, 2.75) is 47.7 Å². The summed E-state index contributed by atoms with van der Waals surface area (Å²) in [5, 5.41) is 9.18. The van der Waals surface area contributed by atoms with Crippen molar-refractivity contribution in [2.75, 3.05) is 6.54 Å². The predicted molar refractivity (Wildman–Crippen MR) is 84.2 cm³/mol. The van der Waals surface area contributed by atoms with Gasteiger partial charge in [0.2, 0.25) is 0 Å². The number of nitrogens with zero attached hydrogens (tertiary/aromatic N) is 3. The van der Waals surface area contributed by atoms with E-state index in [9.17, 15) is 0 Å². The van der Waals surface area contributed by atoms with Crippen LogP contribution in [0.4, 0.5) is 0 Å². The molecule has 0 saturated carbocycles. The van der Waals surface area contributed by atoms with Gasteiger partial charge in [0.1, 0.15) is 5.01 Å². The van der Waals surface area contributed by atoms with E-state index in [1.165, 1.54) is 10.4 Å². The zero-order valence-corrected chi connectivity index (χ0v) is 13.8. The van der Waals surface area contributed by atoms with Crippen LogP contribution in [-0.4, -0.2) is 21.3 Å². The van der Waals surface area contributed by atoms with Crippen LogP contribution < -0.4 is 5.32 Å². The normalized spacial score (nSPS) is 11.5. The van der Waals surface area contributed by atoms with E-state index >= 15 is 0 Å². The van der Waals surface area contributed by atoms with E-state index in [-0.39, 0.29) is 0 Å². The molecule has 0 unspecified atom stereocenters. The summed E-state index contributed by atoms with van der Waals surface area (Å²) in [7, 11) is 0. The van der Waals surface area contributed by atoms with Crippen LogP contribution in [0.1, 0.15) is 40.7 Å². The van der Waals surface area contributed by atoms with Crippen LogP contribution in [0.2, 0.25) is 0 Å². The minimum Gasteiger partial charge on any atom is -0.312 e. The molecule has 0 spiro atoms. The van der Waals surface area contributed by atoms with Crippen molar-refractivity contribution < 1.29 is 0 Å². The van der Waals surface area contributed by atoms with E-state index in [0.29, 0.717) is 5.92 Å². The molecule has 20 heavy (non-hydrogen) atoms. The van der Waals surface area contributed by atoms with Crippen LogP contribution in [0.5, 0.6) is 0 Å². The first kappa shape index (κ1) is 15.2. The molecule has 0 bridgehead atoms. The fourth-order valence-corrected chi connectivity index (χ4v) is 2.98. The Bertz CT molecular complexity index is 549. The molecule has 0 aliphatic carbocycles. The fraction of sp³-hybridized carbons (Fsp3) is 0.600. The van der Waals surface area contributed by atoms with E-state index in [1.54, 1.807) is 11.3 Å². The lowest BCUT2D eigenvalue weighted by atomic mass is 10.2. The summed E-state index contributed by atoms with van der Waals surface area (Å²) >= 11 is 1.76. The minimum absolute atomic E-state index is 0.673. The highest BCUT2D eigenvalue weighted by Gasteiger charge is 2.08. The lowest BCUT2D eigenvalue weighted by Crippen LogP contribution is -2.19. The first-order chi connectivity index (χ1) is 9.45. The Kier molecular flexibility index (Phi) is 4.94. The van der Waals surface area contributed by atoms with Gasteiger partial charge in [0.25, 0.3) is 0 Å². The molecule has 2 aromatic rings. The van der Waals surface area contributed by atoms with Gasteiger partial charge in [0.05, 0.1) is 17.9 Å². The van der Waals surface area contributed by atoms with E-state index in [0.717, 1.165) is 36.0 Å². The zero-order valence-electron chi connectivity index (χ0n) is 13.0. The Labute approximate surface area is 125 Å². The van der Waals surface area contributed by atoms with Crippen molar-refractivity contribution >= 4 is 11.3 Å². The first-order valence-electron chi connectivity index (χ1n) is 7.12. The second-order valence-corrected chi connectivity index (χ2v) is 7.00. The van der Waals surface area contributed by atoms with E-state index in [1.807, 2.05) is 4.68 Å². The Morgan fingerprint density at radius 3 is 2.60 bits per heavy atom. The summed E-state index contributed by atoms with van der Waals surface area (Å²) in [5.74, 6) is 0.673. The molecule has 0 atom stereocenters. The van der Waals surface area contributed by atoms with E-state index in [2.05, 4.69) is 56.2 Å². The molecular formula is C15H24N4S. The summed E-state index contributed by atoms with van der Waals surface area (Å²) in [6, 6.07) is 0. The smallest absolute Gasteiger partial charge is 0.115 e. The maximum absolute atomic E-state index is 4.59. The molecule has 2 aromatic heterocycles. The lowest BCUT2D eigenvalue weighted by molar-refractivity contribution is 0.551. The van der Waals surface area contributed by atoms with Crippen molar-refractivity contribution in [3.05, 3.63) is 33.0 Å². The number of hydrogen-bond acceptors (Lipinski definition) is 4. The SMILES string of the molecule is Cc1nn(Cc2nc(C)c(C)s2)cc1CNCC(C)C. The summed E-state index contributed by atoms with van der Waals surface area (Å²) in [6.07, 6.45) is 2.13. The van der Waals surface area contributed by atoms with Gasteiger partial charge in [0, 0.05) is 23.2 Å². The van der Waals surface area contributed by atoms with Crippen LogP contribution in [0.25, 0.3) is 0 Å². The highest BCUT2D eigenvalue weighted by Crippen LogP contribution is 2.17. The average molecular weight is 292 g/mol. The largest absolute Gasteiger partial charge is 0.312 e. The Hall–Kier alpha value is -1.20. The second kappa shape index (κ2) is 6.50. The first-order valence-corrected chi connectivity index (χ1v) is 7.94. The monoisotopic (exact) mass is 292 g/mol.